The lowest BCUT2D eigenvalue weighted by atomic mass is 10.0. The number of aliphatic hydroxyl groups is 1. The Morgan fingerprint density at radius 1 is 0.957 bits per heavy atom. The van der Waals surface area contributed by atoms with Gasteiger partial charge in [0.1, 0.15) is 24.3 Å². The van der Waals surface area contributed by atoms with Crippen molar-refractivity contribution in [3.8, 4) is 11.1 Å². The Labute approximate surface area is 279 Å². The van der Waals surface area contributed by atoms with Gasteiger partial charge in [0.2, 0.25) is 5.91 Å². The van der Waals surface area contributed by atoms with E-state index in [1.807, 2.05) is 63.0 Å². The van der Waals surface area contributed by atoms with Crippen molar-refractivity contribution in [3.05, 3.63) is 71.6 Å². The van der Waals surface area contributed by atoms with Crippen molar-refractivity contribution in [2.24, 2.45) is 0 Å². The van der Waals surface area contributed by atoms with Gasteiger partial charge in [-0.25, -0.2) is 14.8 Å². The second kappa shape index (κ2) is 13.9. The number of aromatic nitrogens is 3. The molecule has 0 atom stereocenters. The average molecular weight is 657 g/mol. The molecule has 12 heteroatoms. The molecular weight excluding hydrogens is 616 g/mol. The zero-order valence-electron chi connectivity index (χ0n) is 26.4. The van der Waals surface area contributed by atoms with Gasteiger partial charge in [-0.3, -0.25) is 4.79 Å². The van der Waals surface area contributed by atoms with E-state index < -0.39 is 0 Å². The zero-order valence-corrected chi connectivity index (χ0v) is 27.2. The van der Waals surface area contributed by atoms with Crippen LogP contribution in [0.4, 0.5) is 16.3 Å². The van der Waals surface area contributed by atoms with E-state index in [1.165, 1.54) is 0 Å². The van der Waals surface area contributed by atoms with Crippen molar-refractivity contribution in [3.63, 3.8) is 0 Å². The molecule has 246 valence electrons. The van der Waals surface area contributed by atoms with Crippen molar-refractivity contribution in [2.75, 3.05) is 56.1 Å². The van der Waals surface area contributed by atoms with Gasteiger partial charge in [0, 0.05) is 79.4 Å². The molecule has 3 amide bonds. The molecule has 0 bridgehead atoms. The quantitative estimate of drug-likeness (QED) is 0.258. The van der Waals surface area contributed by atoms with Gasteiger partial charge in [-0.2, -0.15) is 0 Å². The van der Waals surface area contributed by atoms with Crippen LogP contribution in [0.25, 0.3) is 22.2 Å². The number of nitrogens with one attached hydrogen (secondary N) is 2. The first-order valence-electron chi connectivity index (χ1n) is 16.6. The maximum absolute atomic E-state index is 13.8. The molecule has 4 aromatic rings. The number of fused-ring (bicyclic) bond motifs is 2. The number of benzene rings is 2. The fraction of sp³-hybridized carbons (Fsp3) is 0.429. The number of anilines is 2. The smallest absolute Gasteiger partial charge is 0.322 e. The third-order valence-electron chi connectivity index (χ3n) is 9.84. The maximum atomic E-state index is 13.8. The lowest BCUT2D eigenvalue weighted by Crippen LogP contribution is -2.50. The summed E-state index contributed by atoms with van der Waals surface area (Å²) in [4.78, 5) is 42.5. The van der Waals surface area contributed by atoms with Gasteiger partial charge in [-0.15, -0.1) is 0 Å². The summed E-state index contributed by atoms with van der Waals surface area (Å²) in [5.74, 6) is 0.866. The van der Waals surface area contributed by atoms with Gasteiger partial charge in [0.05, 0.1) is 12.0 Å². The Hall–Kier alpha value is -4.19. The SMILES string of the molecule is O=C(Cn1cc(-c2ccccc2Cl)c2c(N3CCC(NCCO)CC3)ncnc21)N1CCC(N2CCc3ccccc3NC2=O)CC1. The lowest BCUT2D eigenvalue weighted by Gasteiger charge is -2.38. The van der Waals surface area contributed by atoms with Gasteiger partial charge >= 0.3 is 6.03 Å². The summed E-state index contributed by atoms with van der Waals surface area (Å²) in [7, 11) is 0. The Balaban J connectivity index is 1.09. The first-order valence-corrected chi connectivity index (χ1v) is 17.0. The Morgan fingerprint density at radius 2 is 1.72 bits per heavy atom. The predicted molar refractivity (Wildman–Crippen MR) is 184 cm³/mol. The number of likely N-dealkylation sites (tertiary alicyclic amines) is 1. The minimum absolute atomic E-state index is 0.0229. The van der Waals surface area contributed by atoms with Crippen LogP contribution in [0.5, 0.6) is 0 Å². The number of aliphatic hydroxyl groups excluding tert-OH is 1. The molecule has 7 rings (SSSR count). The topological polar surface area (TPSA) is 119 Å². The summed E-state index contributed by atoms with van der Waals surface area (Å²) in [6.45, 7) is 4.36. The third kappa shape index (κ3) is 6.52. The van der Waals surface area contributed by atoms with Gasteiger partial charge in [-0.1, -0.05) is 48.0 Å². The summed E-state index contributed by atoms with van der Waals surface area (Å²) in [6.07, 6.45) is 7.74. The van der Waals surface area contributed by atoms with E-state index in [9.17, 15) is 14.7 Å². The Bertz CT molecular complexity index is 1750. The number of amides is 3. The second-order valence-electron chi connectivity index (χ2n) is 12.6. The van der Waals surface area contributed by atoms with Crippen molar-refractivity contribution in [1.82, 2.24) is 29.7 Å². The normalized spacial score (nSPS) is 17.9. The monoisotopic (exact) mass is 656 g/mol. The highest BCUT2D eigenvalue weighted by Gasteiger charge is 2.32. The highest BCUT2D eigenvalue weighted by molar-refractivity contribution is 6.33. The van der Waals surface area contributed by atoms with Crippen molar-refractivity contribution in [1.29, 1.82) is 0 Å². The molecule has 0 saturated carbocycles. The van der Waals surface area contributed by atoms with Crippen LogP contribution >= 0.6 is 11.6 Å². The largest absolute Gasteiger partial charge is 0.395 e. The number of urea groups is 1. The van der Waals surface area contributed by atoms with Crippen LogP contribution in [0.15, 0.2) is 61.1 Å². The fourth-order valence-electron chi connectivity index (χ4n) is 7.33. The highest BCUT2D eigenvalue weighted by atomic mass is 35.5. The van der Waals surface area contributed by atoms with Crippen molar-refractivity contribution < 1.29 is 14.7 Å². The minimum Gasteiger partial charge on any atom is -0.395 e. The Kier molecular flexibility index (Phi) is 9.28. The third-order valence-corrected chi connectivity index (χ3v) is 10.2. The fourth-order valence-corrected chi connectivity index (χ4v) is 7.56. The maximum Gasteiger partial charge on any atom is 0.322 e. The number of carbonyl (C=O) groups excluding carboxylic acids is 2. The van der Waals surface area contributed by atoms with Crippen LogP contribution in [0, 0.1) is 0 Å². The van der Waals surface area contributed by atoms with Gasteiger partial charge < -0.3 is 35.0 Å². The van der Waals surface area contributed by atoms with Crippen LogP contribution in [0.2, 0.25) is 5.02 Å². The molecule has 3 aliphatic heterocycles. The van der Waals surface area contributed by atoms with Crippen LogP contribution in [0.1, 0.15) is 31.2 Å². The number of carbonyl (C=O) groups is 2. The first-order chi connectivity index (χ1) is 23.0. The van der Waals surface area contributed by atoms with Crippen LogP contribution in [0.3, 0.4) is 0 Å². The molecule has 2 aromatic heterocycles. The van der Waals surface area contributed by atoms with Crippen LogP contribution in [-0.4, -0.2) is 99.3 Å². The van der Waals surface area contributed by atoms with E-state index in [-0.39, 0.29) is 31.1 Å². The van der Waals surface area contributed by atoms with E-state index in [2.05, 4.69) is 21.6 Å². The molecule has 2 fully saturated rings. The molecule has 0 unspecified atom stereocenters. The summed E-state index contributed by atoms with van der Waals surface area (Å²) in [6, 6.07) is 16.1. The van der Waals surface area contributed by atoms with Crippen LogP contribution in [-0.2, 0) is 17.8 Å². The standard InChI is InChI=1S/C35H41ClN8O3/c36-29-7-3-2-6-27(29)28-21-43(34-32(28)33(38-23-39-34)42-15-10-25(11-16-42)37-14-20-45)22-31(46)41-17-12-26(13-18-41)44-19-9-24-5-1-4-8-30(24)40-35(44)47/h1-8,21,23,25-26,37,45H,9-20,22H2,(H,40,47). The molecule has 2 saturated heterocycles. The molecule has 0 spiro atoms. The summed E-state index contributed by atoms with van der Waals surface area (Å²) in [5.41, 5.74) is 4.52. The molecule has 11 nitrogen and oxygen atoms in total. The van der Waals surface area contributed by atoms with E-state index in [4.69, 9.17) is 21.6 Å². The molecule has 0 radical (unpaired) electrons. The summed E-state index contributed by atoms with van der Waals surface area (Å²) >= 11 is 6.73. The minimum atomic E-state index is -0.0632. The van der Waals surface area contributed by atoms with E-state index in [0.717, 1.165) is 78.8 Å². The highest BCUT2D eigenvalue weighted by Crippen LogP contribution is 2.39. The molecule has 5 heterocycles. The number of hydrogen-bond donors (Lipinski definition) is 3. The molecule has 0 aliphatic carbocycles. The lowest BCUT2D eigenvalue weighted by molar-refractivity contribution is -0.133. The number of piperidine rings is 2. The molecule has 2 aromatic carbocycles. The molecule has 47 heavy (non-hydrogen) atoms. The molecular formula is C35H41ClN8O3. The molecule has 3 N–H and O–H groups in total. The van der Waals surface area contributed by atoms with Gasteiger partial charge in [0.15, 0.2) is 0 Å². The number of para-hydroxylation sites is 1. The zero-order chi connectivity index (χ0) is 32.3. The van der Waals surface area contributed by atoms with Crippen LogP contribution < -0.4 is 15.5 Å². The van der Waals surface area contributed by atoms with E-state index >= 15 is 0 Å². The van der Waals surface area contributed by atoms with Gasteiger partial charge in [0.25, 0.3) is 0 Å². The average Bonchev–Trinajstić information content (AvgIpc) is 3.37. The Morgan fingerprint density at radius 3 is 2.51 bits per heavy atom. The summed E-state index contributed by atoms with van der Waals surface area (Å²) < 4.78 is 1.93. The van der Waals surface area contributed by atoms with E-state index in [0.29, 0.717) is 42.9 Å². The first kappa shape index (κ1) is 31.4. The number of rotatable bonds is 8. The predicted octanol–water partition coefficient (Wildman–Crippen LogP) is 4.38. The van der Waals surface area contributed by atoms with Crippen molar-refractivity contribution >= 4 is 46.1 Å². The van der Waals surface area contributed by atoms with E-state index in [1.54, 1.807) is 6.33 Å². The van der Waals surface area contributed by atoms with Crippen molar-refractivity contribution in [2.45, 2.75) is 50.7 Å². The summed E-state index contributed by atoms with van der Waals surface area (Å²) in [5, 5.41) is 17.2. The molecule has 3 aliphatic rings. The second-order valence-corrected chi connectivity index (χ2v) is 13.0. The van der Waals surface area contributed by atoms with Gasteiger partial charge in [-0.05, 0) is 49.8 Å². The number of hydrogen-bond acceptors (Lipinski definition) is 7. The number of halogens is 1. The number of nitrogens with zero attached hydrogens (tertiary/aromatic N) is 6.